The fourth-order valence-electron chi connectivity index (χ4n) is 2.29. The normalized spacial score (nSPS) is 11.4. The quantitative estimate of drug-likeness (QED) is 0.596. The molecule has 4 nitrogen and oxygen atoms in total. The molecular weight excluding hydrogens is 369 g/mol. The van der Waals surface area contributed by atoms with Crippen LogP contribution in [0.4, 0.5) is 13.2 Å². The average molecular weight is 381 g/mol. The molecule has 0 aliphatic heterocycles. The van der Waals surface area contributed by atoms with Gasteiger partial charge in [0, 0.05) is 11.1 Å². The van der Waals surface area contributed by atoms with E-state index in [0.29, 0.717) is 10.7 Å². The monoisotopic (exact) mass is 380 g/mol. The predicted molar refractivity (Wildman–Crippen MR) is 89.7 cm³/mol. The number of halogens is 4. The second kappa shape index (κ2) is 6.84. The van der Waals surface area contributed by atoms with Crippen LogP contribution in [0.2, 0.25) is 5.02 Å². The Labute approximate surface area is 151 Å². The Morgan fingerprint density at radius 3 is 2.46 bits per heavy atom. The summed E-state index contributed by atoms with van der Waals surface area (Å²) >= 11 is 5.78. The van der Waals surface area contributed by atoms with Crippen LogP contribution in [0.1, 0.15) is 21.6 Å². The number of aryl methyl sites for hydroxylation is 1. The lowest BCUT2D eigenvalue weighted by molar-refractivity contribution is -0.137. The van der Waals surface area contributed by atoms with Crippen molar-refractivity contribution in [3.05, 3.63) is 76.4 Å². The average Bonchev–Trinajstić information content (AvgIpc) is 2.95. The van der Waals surface area contributed by atoms with Crippen LogP contribution < -0.4 is 4.74 Å². The molecule has 26 heavy (non-hydrogen) atoms. The lowest BCUT2D eigenvalue weighted by Crippen LogP contribution is -2.12. The molecule has 2 aromatic carbocycles. The Kier molecular flexibility index (Phi) is 4.73. The smallest absolute Gasteiger partial charge is 0.404 e. The first-order chi connectivity index (χ1) is 12.2. The Morgan fingerprint density at radius 2 is 1.81 bits per heavy atom. The minimum atomic E-state index is -4.49. The maximum absolute atomic E-state index is 12.9. The number of rotatable bonds is 3. The summed E-state index contributed by atoms with van der Waals surface area (Å²) in [5.74, 6) is -0.656. The van der Waals surface area contributed by atoms with Crippen molar-refractivity contribution in [3.63, 3.8) is 0 Å². The maximum atomic E-state index is 12.9. The molecule has 1 aromatic heterocycles. The van der Waals surface area contributed by atoms with E-state index in [2.05, 4.69) is 5.10 Å². The van der Waals surface area contributed by atoms with Gasteiger partial charge in [0.1, 0.15) is 0 Å². The van der Waals surface area contributed by atoms with Gasteiger partial charge in [-0.2, -0.15) is 18.3 Å². The molecule has 3 rings (SSSR count). The summed E-state index contributed by atoms with van der Waals surface area (Å²) in [6.45, 7) is 1.64. The third kappa shape index (κ3) is 3.88. The van der Waals surface area contributed by atoms with Crippen molar-refractivity contribution >= 4 is 17.6 Å². The van der Waals surface area contributed by atoms with Gasteiger partial charge < -0.3 is 4.74 Å². The molecule has 0 unspecified atom stereocenters. The summed E-state index contributed by atoms with van der Waals surface area (Å²) in [6.07, 6.45) is -4.49. The zero-order chi connectivity index (χ0) is 18.9. The summed E-state index contributed by atoms with van der Waals surface area (Å²) < 4.78 is 45.2. The van der Waals surface area contributed by atoms with Gasteiger partial charge in [-0.3, -0.25) is 0 Å². The highest BCUT2D eigenvalue weighted by molar-refractivity contribution is 6.30. The van der Waals surface area contributed by atoms with E-state index < -0.39 is 17.7 Å². The number of ether oxygens (including phenoxy) is 1. The van der Waals surface area contributed by atoms with Crippen LogP contribution in [0.5, 0.6) is 5.88 Å². The molecule has 0 saturated carbocycles. The van der Waals surface area contributed by atoms with Gasteiger partial charge in [0.25, 0.3) is 0 Å². The number of alkyl halides is 3. The van der Waals surface area contributed by atoms with Gasteiger partial charge in [0.15, 0.2) is 0 Å². The highest BCUT2D eigenvalue weighted by Gasteiger charge is 2.30. The number of carbonyl (C=O) groups excluding carboxylic acids is 1. The minimum Gasteiger partial charge on any atom is -0.404 e. The number of nitrogens with zero attached hydrogens (tertiary/aromatic N) is 2. The molecule has 0 saturated heterocycles. The van der Waals surface area contributed by atoms with E-state index in [9.17, 15) is 18.0 Å². The summed E-state index contributed by atoms with van der Waals surface area (Å²) in [7, 11) is 0. The second-order valence-corrected chi connectivity index (χ2v) is 5.92. The Hall–Kier alpha value is -2.80. The standard InChI is InChI=1S/C18H12ClF3N2O2/c1-11-9-16(26-17(25)12-5-7-14(19)8-6-12)24(23-11)15-4-2-3-13(10-15)18(20,21)22/h2-10H,1H3. The van der Waals surface area contributed by atoms with Gasteiger partial charge in [-0.15, -0.1) is 0 Å². The highest BCUT2D eigenvalue weighted by Crippen LogP contribution is 2.31. The van der Waals surface area contributed by atoms with E-state index in [-0.39, 0.29) is 17.1 Å². The minimum absolute atomic E-state index is 0.0155. The molecule has 3 aromatic rings. The zero-order valence-electron chi connectivity index (χ0n) is 13.4. The molecule has 0 amide bonds. The van der Waals surface area contributed by atoms with Gasteiger partial charge in [0.05, 0.1) is 22.5 Å². The van der Waals surface area contributed by atoms with Gasteiger partial charge in [-0.1, -0.05) is 17.7 Å². The molecule has 1 heterocycles. The molecule has 0 bridgehead atoms. The summed E-state index contributed by atoms with van der Waals surface area (Å²) in [6, 6.07) is 12.1. The molecule has 8 heteroatoms. The lowest BCUT2D eigenvalue weighted by atomic mass is 10.2. The number of hydrogen-bond acceptors (Lipinski definition) is 3. The fourth-order valence-corrected chi connectivity index (χ4v) is 2.41. The first-order valence-electron chi connectivity index (χ1n) is 7.46. The van der Waals surface area contributed by atoms with Crippen molar-refractivity contribution in [1.82, 2.24) is 9.78 Å². The van der Waals surface area contributed by atoms with Crippen molar-refractivity contribution in [1.29, 1.82) is 0 Å². The van der Waals surface area contributed by atoms with E-state index in [0.717, 1.165) is 16.8 Å². The van der Waals surface area contributed by atoms with E-state index in [4.69, 9.17) is 16.3 Å². The van der Waals surface area contributed by atoms with E-state index in [1.807, 2.05) is 0 Å². The molecule has 0 aliphatic carbocycles. The number of benzene rings is 2. The first-order valence-corrected chi connectivity index (χ1v) is 7.84. The number of hydrogen-bond donors (Lipinski definition) is 0. The fraction of sp³-hybridized carbons (Fsp3) is 0.111. The second-order valence-electron chi connectivity index (χ2n) is 5.48. The first kappa shape index (κ1) is 18.0. The van der Waals surface area contributed by atoms with Crippen molar-refractivity contribution in [2.75, 3.05) is 0 Å². The van der Waals surface area contributed by atoms with Crippen LogP contribution in [0.25, 0.3) is 5.69 Å². The van der Waals surface area contributed by atoms with Crippen LogP contribution in [-0.2, 0) is 6.18 Å². The summed E-state index contributed by atoms with van der Waals surface area (Å²) in [5, 5.41) is 4.58. The van der Waals surface area contributed by atoms with E-state index in [1.165, 1.54) is 42.5 Å². The third-order valence-electron chi connectivity index (χ3n) is 3.49. The van der Waals surface area contributed by atoms with Crippen LogP contribution >= 0.6 is 11.6 Å². The molecule has 0 fully saturated rings. The maximum Gasteiger partial charge on any atom is 0.416 e. The lowest BCUT2D eigenvalue weighted by Gasteiger charge is -2.11. The van der Waals surface area contributed by atoms with Crippen molar-refractivity contribution < 1.29 is 22.7 Å². The SMILES string of the molecule is Cc1cc(OC(=O)c2ccc(Cl)cc2)n(-c2cccc(C(F)(F)F)c2)n1. The van der Waals surface area contributed by atoms with Crippen molar-refractivity contribution in [2.45, 2.75) is 13.1 Å². The molecule has 0 aliphatic rings. The van der Waals surface area contributed by atoms with E-state index >= 15 is 0 Å². The molecule has 0 atom stereocenters. The van der Waals surface area contributed by atoms with Crippen molar-refractivity contribution in [3.8, 4) is 11.6 Å². The number of esters is 1. The Morgan fingerprint density at radius 1 is 1.12 bits per heavy atom. The molecule has 0 radical (unpaired) electrons. The van der Waals surface area contributed by atoms with E-state index in [1.54, 1.807) is 6.92 Å². The van der Waals surface area contributed by atoms with Gasteiger partial charge in [0.2, 0.25) is 5.88 Å². The van der Waals surface area contributed by atoms with Crippen LogP contribution in [0.15, 0.2) is 54.6 Å². The molecular formula is C18H12ClF3N2O2. The molecule has 0 spiro atoms. The number of aromatic nitrogens is 2. The topological polar surface area (TPSA) is 44.1 Å². The third-order valence-corrected chi connectivity index (χ3v) is 3.75. The van der Waals surface area contributed by atoms with Gasteiger partial charge in [-0.05, 0) is 49.4 Å². The largest absolute Gasteiger partial charge is 0.416 e. The molecule has 134 valence electrons. The predicted octanol–water partition coefficient (Wildman–Crippen LogP) is 5.07. The Bertz CT molecular complexity index is 950. The summed E-state index contributed by atoms with van der Waals surface area (Å²) in [5.41, 5.74) is 0.0510. The Balaban J connectivity index is 1.94. The van der Waals surface area contributed by atoms with Crippen LogP contribution in [0.3, 0.4) is 0 Å². The zero-order valence-corrected chi connectivity index (χ0v) is 14.2. The molecule has 0 N–H and O–H groups in total. The van der Waals surface area contributed by atoms with Crippen molar-refractivity contribution in [2.24, 2.45) is 0 Å². The van der Waals surface area contributed by atoms with Gasteiger partial charge in [-0.25, -0.2) is 9.48 Å². The van der Waals surface area contributed by atoms with Crippen LogP contribution in [0, 0.1) is 6.92 Å². The van der Waals surface area contributed by atoms with Crippen LogP contribution in [-0.4, -0.2) is 15.7 Å². The number of carbonyl (C=O) groups is 1. The highest BCUT2D eigenvalue weighted by atomic mass is 35.5. The summed E-state index contributed by atoms with van der Waals surface area (Å²) in [4.78, 5) is 12.3. The van der Waals surface area contributed by atoms with Gasteiger partial charge >= 0.3 is 12.1 Å².